The molecule has 0 N–H and O–H groups in total. The summed E-state index contributed by atoms with van der Waals surface area (Å²) in [5.41, 5.74) is 2.95. The van der Waals surface area contributed by atoms with Crippen molar-refractivity contribution in [2.45, 2.75) is 25.8 Å². The van der Waals surface area contributed by atoms with E-state index in [9.17, 15) is 4.39 Å². The molecular formula is C18H19ClFN. The molecule has 1 saturated heterocycles. The van der Waals surface area contributed by atoms with Gasteiger partial charge in [-0.15, -0.1) is 0 Å². The van der Waals surface area contributed by atoms with E-state index in [0.29, 0.717) is 0 Å². The van der Waals surface area contributed by atoms with Crippen molar-refractivity contribution < 1.29 is 4.39 Å². The van der Waals surface area contributed by atoms with Crippen LogP contribution in [0.2, 0.25) is 5.02 Å². The second-order valence-corrected chi connectivity index (χ2v) is 6.15. The van der Waals surface area contributed by atoms with Crippen molar-refractivity contribution >= 4 is 11.6 Å². The SMILES string of the molecule is Fc1cc(Cc2ccc(Cl)cc2)ccc1CN1CCCC1. The molecule has 0 atom stereocenters. The van der Waals surface area contributed by atoms with Gasteiger partial charge in [-0.3, -0.25) is 4.90 Å². The predicted molar refractivity (Wildman–Crippen MR) is 85.2 cm³/mol. The lowest BCUT2D eigenvalue weighted by molar-refractivity contribution is 0.325. The Morgan fingerprint density at radius 1 is 0.952 bits per heavy atom. The number of benzene rings is 2. The van der Waals surface area contributed by atoms with Crippen LogP contribution in [0.4, 0.5) is 4.39 Å². The van der Waals surface area contributed by atoms with Gasteiger partial charge in [0.1, 0.15) is 5.82 Å². The van der Waals surface area contributed by atoms with E-state index in [1.165, 1.54) is 12.8 Å². The van der Waals surface area contributed by atoms with Crippen molar-refractivity contribution in [1.29, 1.82) is 0 Å². The fraction of sp³-hybridized carbons (Fsp3) is 0.333. The fourth-order valence-corrected chi connectivity index (χ4v) is 2.97. The summed E-state index contributed by atoms with van der Waals surface area (Å²) in [6, 6.07) is 13.3. The fourth-order valence-electron chi connectivity index (χ4n) is 2.85. The molecule has 1 aliphatic rings. The zero-order chi connectivity index (χ0) is 14.7. The molecule has 1 nitrogen and oxygen atoms in total. The first kappa shape index (κ1) is 14.6. The first-order valence-electron chi connectivity index (χ1n) is 7.45. The molecule has 0 spiro atoms. The molecule has 3 rings (SSSR count). The average Bonchev–Trinajstić information content (AvgIpc) is 2.97. The zero-order valence-electron chi connectivity index (χ0n) is 12.0. The monoisotopic (exact) mass is 303 g/mol. The van der Waals surface area contributed by atoms with E-state index < -0.39 is 0 Å². The molecule has 21 heavy (non-hydrogen) atoms. The van der Waals surface area contributed by atoms with Gasteiger partial charge in [0.15, 0.2) is 0 Å². The summed E-state index contributed by atoms with van der Waals surface area (Å²) < 4.78 is 14.2. The Hall–Kier alpha value is -1.38. The second-order valence-electron chi connectivity index (χ2n) is 5.71. The molecule has 2 aromatic rings. The van der Waals surface area contributed by atoms with Crippen molar-refractivity contribution in [2.75, 3.05) is 13.1 Å². The molecule has 0 radical (unpaired) electrons. The van der Waals surface area contributed by atoms with E-state index in [0.717, 1.165) is 47.8 Å². The number of rotatable bonds is 4. The molecule has 2 aromatic carbocycles. The minimum Gasteiger partial charge on any atom is -0.299 e. The van der Waals surface area contributed by atoms with Gasteiger partial charge in [-0.05, 0) is 61.7 Å². The van der Waals surface area contributed by atoms with Gasteiger partial charge in [0.05, 0.1) is 0 Å². The molecule has 0 aliphatic carbocycles. The van der Waals surface area contributed by atoms with E-state index in [1.54, 1.807) is 6.07 Å². The van der Waals surface area contributed by atoms with Gasteiger partial charge < -0.3 is 0 Å². The maximum Gasteiger partial charge on any atom is 0.127 e. The van der Waals surface area contributed by atoms with Crippen molar-refractivity contribution in [3.05, 3.63) is 70.0 Å². The number of hydrogen-bond acceptors (Lipinski definition) is 1. The van der Waals surface area contributed by atoms with E-state index in [2.05, 4.69) is 4.90 Å². The normalized spacial score (nSPS) is 15.5. The first-order valence-corrected chi connectivity index (χ1v) is 7.82. The quantitative estimate of drug-likeness (QED) is 0.793. The summed E-state index contributed by atoms with van der Waals surface area (Å²) in [6.45, 7) is 2.91. The van der Waals surface area contributed by atoms with E-state index >= 15 is 0 Å². The maximum absolute atomic E-state index is 14.2. The second kappa shape index (κ2) is 6.59. The van der Waals surface area contributed by atoms with Gasteiger partial charge in [-0.25, -0.2) is 4.39 Å². The van der Waals surface area contributed by atoms with Gasteiger partial charge in [0.25, 0.3) is 0 Å². The van der Waals surface area contributed by atoms with Crippen LogP contribution in [0, 0.1) is 5.82 Å². The molecule has 3 heteroatoms. The van der Waals surface area contributed by atoms with Crippen LogP contribution in [0.25, 0.3) is 0 Å². The standard InChI is InChI=1S/C18H19ClFN/c19-17-7-4-14(5-8-17)11-15-3-6-16(18(20)12-15)13-21-9-1-2-10-21/h3-8,12H,1-2,9-11,13H2. The summed E-state index contributed by atoms with van der Waals surface area (Å²) in [5.74, 6) is -0.0895. The van der Waals surface area contributed by atoms with Crippen LogP contribution in [-0.4, -0.2) is 18.0 Å². The minimum absolute atomic E-state index is 0.0895. The van der Waals surface area contributed by atoms with E-state index in [1.807, 2.05) is 36.4 Å². The number of hydrogen-bond donors (Lipinski definition) is 0. The summed E-state index contributed by atoms with van der Waals surface area (Å²) in [6.07, 6.45) is 3.20. The van der Waals surface area contributed by atoms with Crippen molar-refractivity contribution in [3.63, 3.8) is 0 Å². The summed E-state index contributed by atoms with van der Waals surface area (Å²) in [5, 5.41) is 0.728. The summed E-state index contributed by atoms with van der Waals surface area (Å²) in [7, 11) is 0. The zero-order valence-corrected chi connectivity index (χ0v) is 12.7. The molecule has 0 bridgehead atoms. The predicted octanol–water partition coefficient (Wildman–Crippen LogP) is 4.67. The highest BCUT2D eigenvalue weighted by atomic mass is 35.5. The largest absolute Gasteiger partial charge is 0.299 e. The molecule has 110 valence electrons. The van der Waals surface area contributed by atoms with Gasteiger partial charge in [0, 0.05) is 17.1 Å². The topological polar surface area (TPSA) is 3.24 Å². The lowest BCUT2D eigenvalue weighted by atomic mass is 10.0. The van der Waals surface area contributed by atoms with E-state index in [-0.39, 0.29) is 5.82 Å². The van der Waals surface area contributed by atoms with Crippen molar-refractivity contribution in [2.24, 2.45) is 0 Å². The lowest BCUT2D eigenvalue weighted by Gasteiger charge is -2.15. The van der Waals surface area contributed by atoms with Crippen LogP contribution in [-0.2, 0) is 13.0 Å². The third kappa shape index (κ3) is 3.84. The summed E-state index contributed by atoms with van der Waals surface area (Å²) >= 11 is 5.88. The Morgan fingerprint density at radius 3 is 2.29 bits per heavy atom. The van der Waals surface area contributed by atoms with E-state index in [4.69, 9.17) is 11.6 Å². The van der Waals surface area contributed by atoms with Crippen molar-refractivity contribution in [1.82, 2.24) is 4.90 Å². The third-order valence-corrected chi connectivity index (χ3v) is 4.28. The van der Waals surface area contributed by atoms with Gasteiger partial charge >= 0.3 is 0 Å². The molecule has 0 unspecified atom stereocenters. The smallest absolute Gasteiger partial charge is 0.127 e. The Bertz CT molecular complexity index is 603. The van der Waals surface area contributed by atoms with Crippen molar-refractivity contribution in [3.8, 4) is 0 Å². The molecule has 0 saturated carbocycles. The van der Waals surface area contributed by atoms with Crippen LogP contribution in [0.1, 0.15) is 29.5 Å². The van der Waals surface area contributed by atoms with Gasteiger partial charge in [-0.1, -0.05) is 35.9 Å². The first-order chi connectivity index (χ1) is 10.2. The van der Waals surface area contributed by atoms with Crippen LogP contribution >= 0.6 is 11.6 Å². The van der Waals surface area contributed by atoms with Crippen LogP contribution in [0.15, 0.2) is 42.5 Å². The maximum atomic E-state index is 14.2. The Balaban J connectivity index is 1.69. The molecule has 0 amide bonds. The van der Waals surface area contributed by atoms with Gasteiger partial charge in [-0.2, -0.15) is 0 Å². The minimum atomic E-state index is -0.0895. The highest BCUT2D eigenvalue weighted by Gasteiger charge is 2.14. The molecule has 0 aromatic heterocycles. The lowest BCUT2D eigenvalue weighted by Crippen LogP contribution is -2.19. The molecule has 1 heterocycles. The van der Waals surface area contributed by atoms with Gasteiger partial charge in [0.2, 0.25) is 0 Å². The molecular weight excluding hydrogens is 285 g/mol. The Labute approximate surface area is 130 Å². The highest BCUT2D eigenvalue weighted by Crippen LogP contribution is 2.19. The Kier molecular flexibility index (Phi) is 4.57. The third-order valence-electron chi connectivity index (χ3n) is 4.03. The Morgan fingerprint density at radius 2 is 1.62 bits per heavy atom. The molecule has 1 aliphatic heterocycles. The summed E-state index contributed by atoms with van der Waals surface area (Å²) in [4.78, 5) is 2.32. The van der Waals surface area contributed by atoms with Crippen LogP contribution in [0.3, 0.4) is 0 Å². The van der Waals surface area contributed by atoms with Crippen LogP contribution < -0.4 is 0 Å². The number of likely N-dealkylation sites (tertiary alicyclic amines) is 1. The molecule has 1 fully saturated rings. The average molecular weight is 304 g/mol. The highest BCUT2D eigenvalue weighted by molar-refractivity contribution is 6.30. The number of nitrogens with zero attached hydrogens (tertiary/aromatic N) is 1. The van der Waals surface area contributed by atoms with Crippen LogP contribution in [0.5, 0.6) is 0 Å². The number of halogens is 2.